The molecule has 0 aliphatic rings. The number of carbonyl (C=O) groups is 1. The molecule has 2 heteroatoms. The fraction of sp³-hybridized carbons (Fsp3) is 0.800. The van der Waals surface area contributed by atoms with Crippen LogP contribution in [0.4, 0.5) is 0 Å². The maximum absolute atomic E-state index is 9.83. The molecule has 7 heavy (non-hydrogen) atoms. The van der Waals surface area contributed by atoms with E-state index in [1.54, 1.807) is 0 Å². The van der Waals surface area contributed by atoms with Gasteiger partial charge in [-0.3, -0.25) is 0 Å². The first-order chi connectivity index (χ1) is 2.56. The van der Waals surface area contributed by atoms with Crippen molar-refractivity contribution in [2.24, 2.45) is 5.41 Å². The van der Waals surface area contributed by atoms with Gasteiger partial charge in [-0.15, -0.1) is 0 Å². The van der Waals surface area contributed by atoms with Crippen LogP contribution in [-0.2, 0) is 4.79 Å². The van der Waals surface area contributed by atoms with Gasteiger partial charge in [-0.05, 0) is 0 Å². The summed E-state index contributed by atoms with van der Waals surface area (Å²) in [6.45, 7) is 5.62. The fourth-order valence-corrected chi connectivity index (χ4v) is 0. The molecular weight excluding hydrogens is 99.0 g/mol. The van der Waals surface area contributed by atoms with E-state index in [2.05, 4.69) is 0 Å². The average Bonchev–Trinajstić information content (AvgIpc) is 1.35. The summed E-state index contributed by atoms with van der Waals surface area (Å²) < 4.78 is 0. The van der Waals surface area contributed by atoms with Crippen LogP contribution in [0.3, 0.4) is 0 Å². The first kappa shape index (κ1) is 10.6. The van der Waals surface area contributed by atoms with Crippen molar-refractivity contribution in [1.29, 1.82) is 0 Å². The third-order valence-electron chi connectivity index (χ3n) is 0.354. The van der Waals surface area contributed by atoms with Crippen molar-refractivity contribution in [2.75, 3.05) is 0 Å². The molecule has 38 valence electrons. The van der Waals surface area contributed by atoms with E-state index >= 15 is 0 Å². The Kier molecular flexibility index (Phi) is 5.53. The van der Waals surface area contributed by atoms with Crippen LogP contribution in [0.15, 0.2) is 0 Å². The third kappa shape index (κ3) is 10.8. The first-order valence-electron chi connectivity index (χ1n) is 2.02. The molecule has 0 bridgehead atoms. The predicted octanol–water partition coefficient (Wildman–Crippen LogP) is 0.583. The van der Waals surface area contributed by atoms with Gasteiger partial charge in [-0.25, -0.2) is 0 Å². The molecule has 0 aliphatic heterocycles. The van der Waals surface area contributed by atoms with Gasteiger partial charge in [0, 0.05) is 5.41 Å². The maximum atomic E-state index is 9.83. The summed E-state index contributed by atoms with van der Waals surface area (Å²) in [5.74, 6) is 0. The van der Waals surface area contributed by atoms with Crippen LogP contribution < -0.4 is 0 Å². The standard InChI is InChI=1S/C5H10O.Na.H/c1-5(2,3)4-6;;/h4H,1-3H3;;. The van der Waals surface area contributed by atoms with E-state index in [1.807, 2.05) is 20.8 Å². The van der Waals surface area contributed by atoms with Crippen molar-refractivity contribution in [1.82, 2.24) is 0 Å². The molecule has 0 spiro atoms. The van der Waals surface area contributed by atoms with E-state index < -0.39 is 0 Å². The molecule has 0 heterocycles. The van der Waals surface area contributed by atoms with Gasteiger partial charge >= 0.3 is 29.6 Å². The van der Waals surface area contributed by atoms with Crippen molar-refractivity contribution in [3.8, 4) is 0 Å². The van der Waals surface area contributed by atoms with Crippen LogP contribution in [0.1, 0.15) is 20.8 Å². The van der Waals surface area contributed by atoms with Crippen LogP contribution in [0.5, 0.6) is 0 Å². The number of hydrogen-bond acceptors (Lipinski definition) is 1. The zero-order valence-electron chi connectivity index (χ0n) is 4.49. The molecule has 1 nitrogen and oxygen atoms in total. The predicted molar refractivity (Wildman–Crippen MR) is 32.7 cm³/mol. The van der Waals surface area contributed by atoms with Gasteiger partial charge in [0.15, 0.2) is 0 Å². The van der Waals surface area contributed by atoms with E-state index in [0.717, 1.165) is 6.29 Å². The monoisotopic (exact) mass is 110 g/mol. The summed E-state index contributed by atoms with van der Waals surface area (Å²) in [6.07, 6.45) is 0.938. The van der Waals surface area contributed by atoms with E-state index in [0.29, 0.717) is 0 Å². The Bertz CT molecular complexity index is 53.6. The van der Waals surface area contributed by atoms with E-state index in [1.165, 1.54) is 0 Å². The normalized spacial score (nSPS) is 9.57. The number of aldehydes is 1. The summed E-state index contributed by atoms with van der Waals surface area (Å²) in [6, 6.07) is 0. The van der Waals surface area contributed by atoms with Crippen molar-refractivity contribution >= 4 is 35.8 Å². The van der Waals surface area contributed by atoms with Gasteiger partial charge in [0.25, 0.3) is 0 Å². The quantitative estimate of drug-likeness (QED) is 0.329. The van der Waals surface area contributed by atoms with E-state index in [4.69, 9.17) is 0 Å². The minimum absolute atomic E-state index is 0. The zero-order chi connectivity index (χ0) is 5.21. The van der Waals surface area contributed by atoms with E-state index in [-0.39, 0.29) is 35.0 Å². The summed E-state index contributed by atoms with van der Waals surface area (Å²) in [5.41, 5.74) is -0.139. The van der Waals surface area contributed by atoms with Crippen LogP contribution in [-0.4, -0.2) is 35.8 Å². The second kappa shape index (κ2) is 3.65. The molecule has 0 radical (unpaired) electrons. The second-order valence-corrected chi connectivity index (χ2v) is 2.48. The summed E-state index contributed by atoms with van der Waals surface area (Å²) in [5, 5.41) is 0. The molecule has 0 fully saturated rings. The van der Waals surface area contributed by atoms with Crippen LogP contribution >= 0.6 is 0 Å². The van der Waals surface area contributed by atoms with Crippen molar-refractivity contribution in [3.63, 3.8) is 0 Å². The number of hydrogen-bond donors (Lipinski definition) is 0. The Morgan fingerprint density at radius 1 is 1.29 bits per heavy atom. The number of rotatable bonds is 0. The van der Waals surface area contributed by atoms with Crippen molar-refractivity contribution < 1.29 is 4.79 Å². The summed E-state index contributed by atoms with van der Waals surface area (Å²) >= 11 is 0. The topological polar surface area (TPSA) is 17.1 Å². The Morgan fingerprint density at radius 2 is 1.43 bits per heavy atom. The van der Waals surface area contributed by atoms with Crippen LogP contribution in [0.25, 0.3) is 0 Å². The molecule has 0 aliphatic carbocycles. The Morgan fingerprint density at radius 3 is 1.43 bits per heavy atom. The molecule has 0 saturated carbocycles. The van der Waals surface area contributed by atoms with Gasteiger partial charge < -0.3 is 4.79 Å². The van der Waals surface area contributed by atoms with Gasteiger partial charge in [0.05, 0.1) is 0 Å². The van der Waals surface area contributed by atoms with Gasteiger partial charge in [-0.1, -0.05) is 20.8 Å². The molecule has 0 saturated heterocycles. The summed E-state index contributed by atoms with van der Waals surface area (Å²) in [4.78, 5) is 9.83. The van der Waals surface area contributed by atoms with E-state index in [9.17, 15) is 4.79 Å². The van der Waals surface area contributed by atoms with Crippen molar-refractivity contribution in [3.05, 3.63) is 0 Å². The molecule has 0 rings (SSSR count). The molecule has 0 aromatic heterocycles. The second-order valence-electron chi connectivity index (χ2n) is 2.48. The minimum atomic E-state index is -0.139. The summed E-state index contributed by atoms with van der Waals surface area (Å²) in [7, 11) is 0. The Labute approximate surface area is 66.8 Å². The third-order valence-corrected chi connectivity index (χ3v) is 0.354. The average molecular weight is 110 g/mol. The fourth-order valence-electron chi connectivity index (χ4n) is 0. The Hall–Kier alpha value is 0.670. The van der Waals surface area contributed by atoms with Crippen LogP contribution in [0, 0.1) is 5.41 Å². The molecule has 0 aromatic carbocycles. The molecular formula is C5H11NaO. The van der Waals surface area contributed by atoms with Gasteiger partial charge in [0.2, 0.25) is 0 Å². The Balaban J connectivity index is 0. The number of carbonyl (C=O) groups excluding carboxylic acids is 1. The molecule has 0 atom stereocenters. The zero-order valence-corrected chi connectivity index (χ0v) is 4.49. The van der Waals surface area contributed by atoms with Gasteiger partial charge in [-0.2, -0.15) is 0 Å². The van der Waals surface area contributed by atoms with Gasteiger partial charge in [0.1, 0.15) is 6.29 Å². The molecule has 0 aromatic rings. The SMILES string of the molecule is CC(C)(C)C=O.[NaH]. The van der Waals surface area contributed by atoms with Crippen LogP contribution in [0.2, 0.25) is 0 Å². The molecule has 0 N–H and O–H groups in total. The first-order valence-corrected chi connectivity index (χ1v) is 2.02. The molecule has 0 unspecified atom stereocenters. The molecule has 0 amide bonds. The van der Waals surface area contributed by atoms with Crippen molar-refractivity contribution in [2.45, 2.75) is 20.8 Å².